The SMILES string of the molecule is CCC(CC)CNC(=NC)NCc1cccc(NC(=O)C2CCC2)c1.I. The number of halogens is 1. The van der Waals surface area contributed by atoms with Gasteiger partial charge in [0.1, 0.15) is 0 Å². The van der Waals surface area contributed by atoms with Crippen LogP contribution in [0.25, 0.3) is 0 Å². The molecule has 146 valence electrons. The number of nitrogens with zero attached hydrogens (tertiary/aromatic N) is 1. The lowest BCUT2D eigenvalue weighted by molar-refractivity contribution is -0.122. The molecule has 0 bridgehead atoms. The van der Waals surface area contributed by atoms with Gasteiger partial charge in [-0.05, 0) is 36.5 Å². The van der Waals surface area contributed by atoms with Gasteiger partial charge in [-0.1, -0.05) is 45.2 Å². The molecule has 0 radical (unpaired) electrons. The average Bonchev–Trinajstić information content (AvgIpc) is 2.57. The van der Waals surface area contributed by atoms with Crippen LogP contribution in [0.2, 0.25) is 0 Å². The van der Waals surface area contributed by atoms with Crippen molar-refractivity contribution in [1.29, 1.82) is 0 Å². The van der Waals surface area contributed by atoms with Crippen molar-refractivity contribution in [1.82, 2.24) is 10.6 Å². The summed E-state index contributed by atoms with van der Waals surface area (Å²) in [5, 5.41) is 9.76. The number of benzene rings is 1. The molecular formula is C20H33IN4O. The maximum Gasteiger partial charge on any atom is 0.227 e. The van der Waals surface area contributed by atoms with E-state index in [4.69, 9.17) is 0 Å². The Kier molecular flexibility index (Phi) is 10.6. The molecule has 0 aromatic heterocycles. The van der Waals surface area contributed by atoms with Crippen molar-refractivity contribution in [2.24, 2.45) is 16.8 Å². The summed E-state index contributed by atoms with van der Waals surface area (Å²) in [5.41, 5.74) is 1.99. The highest BCUT2D eigenvalue weighted by Crippen LogP contribution is 2.27. The van der Waals surface area contributed by atoms with Gasteiger partial charge >= 0.3 is 0 Å². The van der Waals surface area contributed by atoms with E-state index in [0.29, 0.717) is 12.5 Å². The Bertz CT molecular complexity index is 583. The number of aliphatic imine (C=N–C) groups is 1. The molecule has 0 atom stereocenters. The van der Waals surface area contributed by atoms with Crippen molar-refractivity contribution < 1.29 is 4.79 Å². The highest BCUT2D eigenvalue weighted by molar-refractivity contribution is 14.0. The van der Waals surface area contributed by atoms with Gasteiger partial charge in [-0.3, -0.25) is 9.79 Å². The lowest BCUT2D eigenvalue weighted by atomic mass is 9.85. The molecule has 0 spiro atoms. The number of rotatable bonds is 8. The second-order valence-corrected chi connectivity index (χ2v) is 6.81. The van der Waals surface area contributed by atoms with E-state index in [2.05, 4.69) is 40.9 Å². The molecule has 1 saturated carbocycles. The van der Waals surface area contributed by atoms with E-state index in [9.17, 15) is 4.79 Å². The third-order valence-corrected chi connectivity index (χ3v) is 5.07. The second-order valence-electron chi connectivity index (χ2n) is 6.81. The number of hydrogen-bond acceptors (Lipinski definition) is 2. The van der Waals surface area contributed by atoms with Gasteiger partial charge in [0, 0.05) is 31.7 Å². The predicted octanol–water partition coefficient (Wildman–Crippen LogP) is 4.14. The van der Waals surface area contributed by atoms with E-state index < -0.39 is 0 Å². The fourth-order valence-electron chi connectivity index (χ4n) is 2.90. The lowest BCUT2D eigenvalue weighted by Crippen LogP contribution is -2.39. The zero-order valence-electron chi connectivity index (χ0n) is 16.2. The third-order valence-electron chi connectivity index (χ3n) is 5.07. The zero-order chi connectivity index (χ0) is 18.1. The van der Waals surface area contributed by atoms with Gasteiger partial charge in [-0.25, -0.2) is 0 Å². The minimum absolute atomic E-state index is 0. The maximum absolute atomic E-state index is 12.1. The van der Waals surface area contributed by atoms with Crippen LogP contribution in [0.5, 0.6) is 0 Å². The number of carbonyl (C=O) groups excluding carboxylic acids is 1. The van der Waals surface area contributed by atoms with Crippen molar-refractivity contribution in [2.75, 3.05) is 18.9 Å². The minimum atomic E-state index is 0. The summed E-state index contributed by atoms with van der Waals surface area (Å²) in [6.07, 6.45) is 5.55. The molecule has 1 fully saturated rings. The molecule has 6 heteroatoms. The van der Waals surface area contributed by atoms with Crippen LogP contribution in [0, 0.1) is 11.8 Å². The van der Waals surface area contributed by atoms with E-state index in [-0.39, 0.29) is 35.8 Å². The molecule has 0 heterocycles. The smallest absolute Gasteiger partial charge is 0.227 e. The van der Waals surface area contributed by atoms with Crippen LogP contribution in [0.4, 0.5) is 5.69 Å². The first-order valence-corrected chi connectivity index (χ1v) is 9.50. The van der Waals surface area contributed by atoms with Crippen molar-refractivity contribution >= 4 is 41.5 Å². The van der Waals surface area contributed by atoms with E-state index in [1.807, 2.05) is 18.2 Å². The largest absolute Gasteiger partial charge is 0.356 e. The van der Waals surface area contributed by atoms with Crippen molar-refractivity contribution in [3.63, 3.8) is 0 Å². The average molecular weight is 472 g/mol. The van der Waals surface area contributed by atoms with Crippen LogP contribution in [-0.2, 0) is 11.3 Å². The van der Waals surface area contributed by atoms with Gasteiger partial charge in [0.15, 0.2) is 5.96 Å². The highest BCUT2D eigenvalue weighted by atomic mass is 127. The van der Waals surface area contributed by atoms with Crippen LogP contribution < -0.4 is 16.0 Å². The fraction of sp³-hybridized carbons (Fsp3) is 0.600. The normalized spacial score (nSPS) is 14.4. The number of anilines is 1. The second kappa shape index (κ2) is 12.1. The van der Waals surface area contributed by atoms with Gasteiger partial charge in [-0.15, -0.1) is 24.0 Å². The van der Waals surface area contributed by atoms with Gasteiger partial charge < -0.3 is 16.0 Å². The molecule has 1 aromatic rings. The maximum atomic E-state index is 12.1. The van der Waals surface area contributed by atoms with Gasteiger partial charge in [0.05, 0.1) is 0 Å². The van der Waals surface area contributed by atoms with E-state index in [1.165, 1.54) is 19.3 Å². The molecule has 26 heavy (non-hydrogen) atoms. The number of carbonyl (C=O) groups is 1. The van der Waals surface area contributed by atoms with Gasteiger partial charge in [0.2, 0.25) is 5.91 Å². The Morgan fingerprint density at radius 2 is 1.96 bits per heavy atom. The molecule has 1 aliphatic rings. The predicted molar refractivity (Wildman–Crippen MR) is 120 cm³/mol. The molecule has 1 aromatic carbocycles. The number of nitrogens with one attached hydrogen (secondary N) is 3. The highest BCUT2D eigenvalue weighted by Gasteiger charge is 2.25. The van der Waals surface area contributed by atoms with E-state index in [1.54, 1.807) is 7.05 Å². The zero-order valence-corrected chi connectivity index (χ0v) is 18.5. The van der Waals surface area contributed by atoms with Crippen LogP contribution in [0.15, 0.2) is 29.3 Å². The summed E-state index contributed by atoms with van der Waals surface area (Å²) in [4.78, 5) is 16.3. The first kappa shape index (κ1) is 22.7. The van der Waals surface area contributed by atoms with Crippen LogP contribution >= 0.6 is 24.0 Å². The summed E-state index contributed by atoms with van der Waals surface area (Å²) in [6, 6.07) is 8.01. The first-order valence-electron chi connectivity index (χ1n) is 9.50. The Labute approximate surface area is 174 Å². The molecule has 2 rings (SSSR count). The molecule has 1 amide bonds. The monoisotopic (exact) mass is 472 g/mol. The van der Waals surface area contributed by atoms with Gasteiger partial charge in [0.25, 0.3) is 0 Å². The van der Waals surface area contributed by atoms with E-state index >= 15 is 0 Å². The lowest BCUT2D eigenvalue weighted by Gasteiger charge is -2.24. The van der Waals surface area contributed by atoms with Crippen molar-refractivity contribution in [2.45, 2.75) is 52.5 Å². The molecule has 0 saturated heterocycles. The third kappa shape index (κ3) is 7.13. The summed E-state index contributed by atoms with van der Waals surface area (Å²) in [6.45, 7) is 6.05. The van der Waals surface area contributed by atoms with E-state index in [0.717, 1.165) is 36.6 Å². The quantitative estimate of drug-likeness (QED) is 0.303. The van der Waals surface area contributed by atoms with Gasteiger partial charge in [-0.2, -0.15) is 0 Å². The minimum Gasteiger partial charge on any atom is -0.356 e. The molecular weight excluding hydrogens is 439 g/mol. The molecule has 0 unspecified atom stereocenters. The molecule has 1 aliphatic carbocycles. The standard InChI is InChI=1S/C20H32N4O.HI/c1-4-15(5-2)13-22-20(21-3)23-14-16-8-6-11-18(12-16)24-19(25)17-9-7-10-17;/h6,8,11-12,15,17H,4-5,7,9-10,13-14H2,1-3H3,(H,24,25)(H2,21,22,23);1H. The number of hydrogen-bond donors (Lipinski definition) is 3. The fourth-order valence-corrected chi connectivity index (χ4v) is 2.90. The number of amides is 1. The Morgan fingerprint density at radius 3 is 2.54 bits per heavy atom. The van der Waals surface area contributed by atoms with Crippen LogP contribution in [-0.4, -0.2) is 25.5 Å². The van der Waals surface area contributed by atoms with Crippen LogP contribution in [0.3, 0.4) is 0 Å². The van der Waals surface area contributed by atoms with Crippen LogP contribution in [0.1, 0.15) is 51.5 Å². The molecule has 3 N–H and O–H groups in total. The number of guanidine groups is 1. The topological polar surface area (TPSA) is 65.5 Å². The Morgan fingerprint density at radius 1 is 1.23 bits per heavy atom. The first-order chi connectivity index (χ1) is 12.2. The Hall–Kier alpha value is -1.31. The summed E-state index contributed by atoms with van der Waals surface area (Å²) in [5.74, 6) is 1.84. The Balaban J connectivity index is 0.00000338. The summed E-state index contributed by atoms with van der Waals surface area (Å²) in [7, 11) is 1.79. The summed E-state index contributed by atoms with van der Waals surface area (Å²) < 4.78 is 0. The summed E-state index contributed by atoms with van der Waals surface area (Å²) >= 11 is 0. The molecule has 0 aliphatic heterocycles. The van der Waals surface area contributed by atoms with Crippen molar-refractivity contribution in [3.05, 3.63) is 29.8 Å². The molecule has 5 nitrogen and oxygen atoms in total. The van der Waals surface area contributed by atoms with Crippen molar-refractivity contribution in [3.8, 4) is 0 Å².